The lowest BCUT2D eigenvalue weighted by Gasteiger charge is -2.22. The lowest BCUT2D eigenvalue weighted by molar-refractivity contribution is 0.667. The second kappa shape index (κ2) is 12.1. The smallest absolute Gasteiger partial charge is 0.167 e. The maximum atomic E-state index is 6.42. The molecule has 11 rings (SSSR count). The number of fused-ring (bicyclic) bond motifs is 8. The summed E-state index contributed by atoms with van der Waals surface area (Å²) in [5.41, 5.74) is 13.8. The number of thiazole rings is 1. The first kappa shape index (κ1) is 31.7. The minimum absolute atomic E-state index is 0.205. The maximum Gasteiger partial charge on any atom is 0.167 e. The van der Waals surface area contributed by atoms with Gasteiger partial charge in [0, 0.05) is 32.9 Å². The number of furan rings is 1. The molecule has 0 amide bonds. The maximum absolute atomic E-state index is 6.42. The van der Waals surface area contributed by atoms with Crippen LogP contribution in [0.3, 0.4) is 0 Å². The normalized spacial score (nSPS) is 13.1. The Balaban J connectivity index is 1.02. The van der Waals surface area contributed by atoms with Gasteiger partial charge in [-0.3, -0.25) is 0 Å². The fourth-order valence-corrected chi connectivity index (χ4v) is 9.53. The molecule has 1 aliphatic carbocycles. The molecule has 260 valence electrons. The molecule has 0 spiro atoms. The number of rotatable bonds is 5. The highest BCUT2D eigenvalue weighted by Gasteiger charge is 2.38. The van der Waals surface area contributed by atoms with Gasteiger partial charge in [-0.1, -0.05) is 141 Å². The standard InChI is InChI=1S/C49H32N4OS/c1-49(2)39-28-32(23-24-34(39)36-25-26-40-44(42(36)49)55-48(50-40)30-15-7-4-8-16-30)31-17-11-18-33(27-31)46-51-45(29-13-5-3-6-14-29)52-47(53-46)38-21-12-20-37-35-19-9-10-22-41(35)54-43(37)38/h3-28H,1-2H3. The predicted molar refractivity (Wildman–Crippen MR) is 225 cm³/mol. The third-order valence-corrected chi connectivity index (χ3v) is 12.1. The molecule has 0 unspecified atom stereocenters. The molecule has 1 aliphatic rings. The van der Waals surface area contributed by atoms with Crippen LogP contribution in [0.15, 0.2) is 162 Å². The topological polar surface area (TPSA) is 64.7 Å². The lowest BCUT2D eigenvalue weighted by atomic mass is 9.81. The minimum atomic E-state index is -0.205. The molecule has 55 heavy (non-hydrogen) atoms. The van der Waals surface area contributed by atoms with Crippen molar-refractivity contribution in [1.29, 1.82) is 0 Å². The second-order valence-electron chi connectivity index (χ2n) is 14.6. The van der Waals surface area contributed by atoms with Gasteiger partial charge in [0.2, 0.25) is 0 Å². The summed E-state index contributed by atoms with van der Waals surface area (Å²) in [5, 5.41) is 3.16. The number of benzene rings is 7. The van der Waals surface area contributed by atoms with Gasteiger partial charge in [-0.2, -0.15) is 0 Å². The first-order valence-corrected chi connectivity index (χ1v) is 19.3. The van der Waals surface area contributed by atoms with Gasteiger partial charge in [-0.15, -0.1) is 11.3 Å². The van der Waals surface area contributed by atoms with Gasteiger partial charge in [0.05, 0.1) is 15.8 Å². The Labute approximate surface area is 321 Å². The Morgan fingerprint density at radius 2 is 1.11 bits per heavy atom. The molecule has 0 saturated heterocycles. The summed E-state index contributed by atoms with van der Waals surface area (Å²) < 4.78 is 7.69. The van der Waals surface area contributed by atoms with Crippen molar-refractivity contribution < 1.29 is 4.42 Å². The van der Waals surface area contributed by atoms with Crippen molar-refractivity contribution in [2.75, 3.05) is 0 Å². The molecular weight excluding hydrogens is 693 g/mol. The first-order chi connectivity index (χ1) is 27.0. The van der Waals surface area contributed by atoms with Crippen molar-refractivity contribution in [1.82, 2.24) is 19.9 Å². The first-order valence-electron chi connectivity index (χ1n) is 18.5. The Morgan fingerprint density at radius 3 is 1.95 bits per heavy atom. The highest BCUT2D eigenvalue weighted by Crippen LogP contribution is 2.53. The molecule has 10 aromatic rings. The summed E-state index contributed by atoms with van der Waals surface area (Å²) in [7, 11) is 0. The molecule has 0 fully saturated rings. The van der Waals surface area contributed by atoms with Crippen molar-refractivity contribution >= 4 is 43.5 Å². The number of nitrogens with zero attached hydrogens (tertiary/aromatic N) is 4. The van der Waals surface area contributed by atoms with Crippen LogP contribution < -0.4 is 0 Å². The molecular formula is C49H32N4OS. The summed E-state index contributed by atoms with van der Waals surface area (Å²) in [4.78, 5) is 20.3. The van der Waals surface area contributed by atoms with E-state index in [0.29, 0.717) is 17.5 Å². The lowest BCUT2D eigenvalue weighted by Crippen LogP contribution is -2.15. The highest BCUT2D eigenvalue weighted by atomic mass is 32.1. The largest absolute Gasteiger partial charge is 0.455 e. The van der Waals surface area contributed by atoms with Crippen LogP contribution in [0.2, 0.25) is 0 Å². The molecule has 0 aliphatic heterocycles. The predicted octanol–water partition coefficient (Wildman–Crippen LogP) is 13.0. The van der Waals surface area contributed by atoms with Crippen LogP contribution in [0.25, 0.3) is 99.1 Å². The summed E-state index contributed by atoms with van der Waals surface area (Å²) in [6, 6.07) is 54.7. The Hall–Kier alpha value is -6.76. The minimum Gasteiger partial charge on any atom is -0.455 e. The van der Waals surface area contributed by atoms with E-state index in [-0.39, 0.29) is 5.41 Å². The molecule has 0 N–H and O–H groups in total. The van der Waals surface area contributed by atoms with E-state index in [1.54, 1.807) is 11.3 Å². The van der Waals surface area contributed by atoms with Crippen molar-refractivity contribution in [3.05, 3.63) is 169 Å². The van der Waals surface area contributed by atoms with Crippen LogP contribution in [0.1, 0.15) is 25.0 Å². The van der Waals surface area contributed by atoms with Crippen LogP contribution in [0.4, 0.5) is 0 Å². The van der Waals surface area contributed by atoms with Crippen molar-refractivity contribution in [2.24, 2.45) is 0 Å². The van der Waals surface area contributed by atoms with Crippen LogP contribution in [0, 0.1) is 0 Å². The van der Waals surface area contributed by atoms with E-state index in [1.807, 2.05) is 60.7 Å². The number of hydrogen-bond donors (Lipinski definition) is 0. The number of para-hydroxylation sites is 2. The van der Waals surface area contributed by atoms with Crippen molar-refractivity contribution in [3.8, 4) is 67.0 Å². The van der Waals surface area contributed by atoms with E-state index in [0.717, 1.165) is 65.8 Å². The van der Waals surface area contributed by atoms with E-state index < -0.39 is 0 Å². The molecule has 0 saturated carbocycles. The average molecular weight is 725 g/mol. The molecule has 0 radical (unpaired) electrons. The molecule has 3 aromatic heterocycles. The summed E-state index contributed by atoms with van der Waals surface area (Å²) in [6.07, 6.45) is 0. The van der Waals surface area contributed by atoms with Gasteiger partial charge in [0.25, 0.3) is 0 Å². The third-order valence-electron chi connectivity index (χ3n) is 11.0. The van der Waals surface area contributed by atoms with Crippen LogP contribution in [0.5, 0.6) is 0 Å². The zero-order valence-electron chi connectivity index (χ0n) is 30.1. The van der Waals surface area contributed by atoms with Crippen LogP contribution in [-0.2, 0) is 5.41 Å². The molecule has 5 nitrogen and oxygen atoms in total. The Morgan fingerprint density at radius 1 is 0.473 bits per heavy atom. The zero-order valence-corrected chi connectivity index (χ0v) is 30.9. The highest BCUT2D eigenvalue weighted by molar-refractivity contribution is 7.22. The van der Waals surface area contributed by atoms with E-state index in [1.165, 1.54) is 27.0 Å². The Bertz CT molecular complexity index is 3130. The Kier molecular flexibility index (Phi) is 7.00. The second-order valence-corrected chi connectivity index (χ2v) is 15.6. The van der Waals surface area contributed by atoms with Crippen molar-refractivity contribution in [2.45, 2.75) is 19.3 Å². The zero-order chi connectivity index (χ0) is 36.7. The van der Waals surface area contributed by atoms with E-state index >= 15 is 0 Å². The van der Waals surface area contributed by atoms with E-state index in [9.17, 15) is 0 Å². The van der Waals surface area contributed by atoms with Gasteiger partial charge in [0.1, 0.15) is 16.2 Å². The van der Waals surface area contributed by atoms with Crippen LogP contribution >= 0.6 is 11.3 Å². The van der Waals surface area contributed by atoms with E-state index in [2.05, 4.69) is 111 Å². The van der Waals surface area contributed by atoms with Crippen molar-refractivity contribution in [3.63, 3.8) is 0 Å². The molecule has 0 bridgehead atoms. The fourth-order valence-electron chi connectivity index (χ4n) is 8.25. The van der Waals surface area contributed by atoms with Gasteiger partial charge in [-0.25, -0.2) is 19.9 Å². The summed E-state index contributed by atoms with van der Waals surface area (Å²) in [6.45, 7) is 4.69. The van der Waals surface area contributed by atoms with Gasteiger partial charge in [-0.05, 0) is 63.7 Å². The quantitative estimate of drug-likeness (QED) is 0.177. The summed E-state index contributed by atoms with van der Waals surface area (Å²) >= 11 is 1.79. The monoisotopic (exact) mass is 724 g/mol. The molecule has 0 atom stereocenters. The van der Waals surface area contributed by atoms with Gasteiger partial charge in [0.15, 0.2) is 17.5 Å². The molecule has 3 heterocycles. The SMILES string of the molecule is CC1(C)c2cc(-c3cccc(-c4nc(-c5ccccc5)nc(-c5cccc6c5oc5ccccc56)n4)c3)ccc2-c2ccc3nc(-c4ccccc4)sc3c21. The number of hydrogen-bond acceptors (Lipinski definition) is 6. The molecule has 6 heteroatoms. The van der Waals surface area contributed by atoms with Crippen LogP contribution in [-0.4, -0.2) is 19.9 Å². The molecule has 7 aromatic carbocycles. The van der Waals surface area contributed by atoms with E-state index in [4.69, 9.17) is 24.4 Å². The van der Waals surface area contributed by atoms with Gasteiger partial charge >= 0.3 is 0 Å². The van der Waals surface area contributed by atoms with Gasteiger partial charge < -0.3 is 4.42 Å². The average Bonchev–Trinajstić information content (AvgIpc) is 3.91. The third kappa shape index (κ3) is 5.06. The summed E-state index contributed by atoms with van der Waals surface area (Å²) in [5.74, 6) is 1.79. The number of aromatic nitrogens is 4. The fraction of sp³-hybridized carbons (Fsp3) is 0.0612.